The maximum atomic E-state index is 12.3. The lowest BCUT2D eigenvalue weighted by Gasteiger charge is -2.07. The average molecular weight is 371 g/mol. The van der Waals surface area contributed by atoms with E-state index in [9.17, 15) is 8.42 Å². The van der Waals surface area contributed by atoms with E-state index in [0.29, 0.717) is 5.92 Å². The van der Waals surface area contributed by atoms with Gasteiger partial charge in [-0.15, -0.1) is 12.4 Å². The summed E-state index contributed by atoms with van der Waals surface area (Å²) >= 11 is 0. The van der Waals surface area contributed by atoms with Crippen LogP contribution in [0.2, 0.25) is 0 Å². The summed E-state index contributed by atoms with van der Waals surface area (Å²) in [6.45, 7) is 6.90. The predicted molar refractivity (Wildman–Crippen MR) is 95.3 cm³/mol. The van der Waals surface area contributed by atoms with E-state index in [1.165, 1.54) is 11.1 Å². The lowest BCUT2D eigenvalue weighted by Crippen LogP contribution is -2.23. The van der Waals surface area contributed by atoms with Gasteiger partial charge in [0.05, 0.1) is 6.33 Å². The van der Waals surface area contributed by atoms with Crippen molar-refractivity contribution in [3.05, 3.63) is 47.4 Å². The van der Waals surface area contributed by atoms with E-state index in [0.717, 1.165) is 25.2 Å². The Balaban J connectivity index is 0.00000208. The molecule has 2 aromatic rings. The zero-order valence-corrected chi connectivity index (χ0v) is 15.5. The fraction of sp³-hybridized carbons (Fsp3) is 0.438. The van der Waals surface area contributed by atoms with Crippen molar-refractivity contribution in [3.63, 3.8) is 0 Å². The van der Waals surface area contributed by atoms with Gasteiger partial charge in [-0.2, -0.15) is 0 Å². The van der Waals surface area contributed by atoms with Crippen molar-refractivity contribution < 1.29 is 8.42 Å². The molecule has 0 radical (unpaired) electrons. The van der Waals surface area contributed by atoms with Crippen LogP contribution in [0.25, 0.3) is 0 Å². The summed E-state index contributed by atoms with van der Waals surface area (Å²) < 4.78 is 29.1. The van der Waals surface area contributed by atoms with Crippen LogP contribution in [0.5, 0.6) is 0 Å². The number of halogens is 1. The minimum Gasteiger partial charge on any atom is -0.336 e. The lowest BCUT2D eigenvalue weighted by atomic mass is 10.1. The number of rotatable bonds is 6. The molecule has 0 aliphatic carbocycles. The molecule has 0 saturated carbocycles. The molecule has 2 heterocycles. The predicted octanol–water partition coefficient (Wildman–Crippen LogP) is 2.04. The molecule has 3 rings (SSSR count). The number of aromatic nitrogens is 2. The van der Waals surface area contributed by atoms with Crippen LogP contribution in [-0.4, -0.2) is 18.0 Å². The molecule has 8 heteroatoms. The Morgan fingerprint density at radius 1 is 1.29 bits per heavy atom. The summed E-state index contributed by atoms with van der Waals surface area (Å²) in [5.41, 5.74) is 3.48. The number of hydrogen-bond acceptors (Lipinski definition) is 4. The number of sulfonamides is 1. The van der Waals surface area contributed by atoms with Crippen molar-refractivity contribution >= 4 is 22.4 Å². The molecule has 2 N–H and O–H groups in total. The highest BCUT2D eigenvalue weighted by Crippen LogP contribution is 2.17. The van der Waals surface area contributed by atoms with E-state index >= 15 is 0 Å². The number of nitrogens with zero attached hydrogens (tertiary/aromatic N) is 2. The van der Waals surface area contributed by atoms with Gasteiger partial charge in [-0.25, -0.2) is 18.1 Å². The minimum atomic E-state index is -3.59. The summed E-state index contributed by atoms with van der Waals surface area (Å²) in [5, 5.41) is 3.35. The van der Waals surface area contributed by atoms with Crippen LogP contribution in [0, 0.1) is 5.92 Å². The van der Waals surface area contributed by atoms with Crippen molar-refractivity contribution in [2.24, 2.45) is 5.92 Å². The molecule has 0 bridgehead atoms. The first-order valence-corrected chi connectivity index (χ1v) is 9.25. The Morgan fingerprint density at radius 3 is 2.79 bits per heavy atom. The van der Waals surface area contributed by atoms with E-state index in [1.807, 2.05) is 6.07 Å². The Labute approximate surface area is 149 Å². The van der Waals surface area contributed by atoms with Gasteiger partial charge >= 0.3 is 0 Å². The zero-order chi connectivity index (χ0) is 16.4. The molecule has 0 atom stereocenters. The van der Waals surface area contributed by atoms with Crippen molar-refractivity contribution in [2.45, 2.75) is 45.1 Å². The Bertz CT molecular complexity index is 802. The fourth-order valence-corrected chi connectivity index (χ4v) is 3.67. The smallest absolute Gasteiger partial charge is 0.259 e. The molecule has 1 aliphatic rings. The molecule has 0 fully saturated rings. The number of imidazole rings is 1. The topological polar surface area (TPSA) is 76.0 Å². The molecular weight excluding hydrogens is 348 g/mol. The van der Waals surface area contributed by atoms with Gasteiger partial charge in [0.2, 0.25) is 0 Å². The van der Waals surface area contributed by atoms with Crippen LogP contribution >= 0.6 is 12.4 Å². The van der Waals surface area contributed by atoms with Gasteiger partial charge in [0, 0.05) is 32.4 Å². The highest BCUT2D eigenvalue weighted by atomic mass is 35.5. The van der Waals surface area contributed by atoms with Crippen LogP contribution in [-0.2, 0) is 36.2 Å². The molecule has 1 aromatic heterocycles. The SMILES string of the molecule is CC(C)Cn1cnc(S(=O)(=O)NCc2ccc3c(c2)CNC3)c1.Cl. The molecule has 6 nitrogen and oxygen atoms in total. The van der Waals surface area contributed by atoms with Crippen molar-refractivity contribution in [3.8, 4) is 0 Å². The van der Waals surface area contributed by atoms with Gasteiger partial charge in [-0.3, -0.25) is 0 Å². The Morgan fingerprint density at radius 2 is 2.04 bits per heavy atom. The molecule has 0 amide bonds. The quantitative estimate of drug-likeness (QED) is 0.815. The van der Waals surface area contributed by atoms with E-state index in [4.69, 9.17) is 0 Å². The van der Waals surface area contributed by atoms with Crippen LogP contribution < -0.4 is 10.0 Å². The largest absolute Gasteiger partial charge is 0.336 e. The minimum absolute atomic E-state index is 0. The number of fused-ring (bicyclic) bond motifs is 1. The second-order valence-corrected chi connectivity index (χ2v) is 8.05. The molecule has 0 saturated heterocycles. The summed E-state index contributed by atoms with van der Waals surface area (Å²) in [6, 6.07) is 6.07. The lowest BCUT2D eigenvalue weighted by molar-refractivity contribution is 0.521. The third-order valence-electron chi connectivity index (χ3n) is 3.83. The molecule has 1 aliphatic heterocycles. The molecule has 132 valence electrons. The van der Waals surface area contributed by atoms with Gasteiger partial charge in [-0.1, -0.05) is 32.0 Å². The van der Waals surface area contributed by atoms with Gasteiger partial charge in [0.25, 0.3) is 10.0 Å². The third-order valence-corrected chi connectivity index (χ3v) is 5.11. The number of benzene rings is 1. The highest BCUT2D eigenvalue weighted by molar-refractivity contribution is 7.89. The van der Waals surface area contributed by atoms with E-state index < -0.39 is 10.0 Å². The molecule has 24 heavy (non-hydrogen) atoms. The van der Waals surface area contributed by atoms with Crippen molar-refractivity contribution in [2.75, 3.05) is 0 Å². The average Bonchev–Trinajstić information content (AvgIpc) is 3.13. The van der Waals surface area contributed by atoms with E-state index in [-0.39, 0.29) is 24.0 Å². The molecule has 0 spiro atoms. The highest BCUT2D eigenvalue weighted by Gasteiger charge is 2.18. The van der Waals surface area contributed by atoms with Crippen LogP contribution in [0.1, 0.15) is 30.5 Å². The van der Waals surface area contributed by atoms with Gasteiger partial charge in [0.15, 0.2) is 5.03 Å². The molecule has 1 aromatic carbocycles. The molecular formula is C16H23ClN4O2S. The molecule has 0 unspecified atom stereocenters. The second-order valence-electron chi connectivity index (χ2n) is 6.33. The van der Waals surface area contributed by atoms with Crippen LogP contribution in [0.4, 0.5) is 0 Å². The normalized spacial score (nSPS) is 13.8. The van der Waals surface area contributed by atoms with Gasteiger partial charge < -0.3 is 9.88 Å². The summed E-state index contributed by atoms with van der Waals surface area (Å²) in [6.07, 6.45) is 3.14. The standard InChI is InChI=1S/C16H22N4O2S.ClH/c1-12(2)9-20-10-16(18-11-20)23(21,22)19-6-13-3-4-14-7-17-8-15(14)5-13;/h3-5,10-12,17,19H,6-9H2,1-2H3;1H. The number of hydrogen-bond donors (Lipinski definition) is 2. The zero-order valence-electron chi connectivity index (χ0n) is 13.8. The second kappa shape index (κ2) is 7.65. The van der Waals surface area contributed by atoms with Crippen LogP contribution in [0.3, 0.4) is 0 Å². The first-order valence-electron chi connectivity index (χ1n) is 7.77. The van der Waals surface area contributed by atoms with Gasteiger partial charge in [0.1, 0.15) is 0 Å². The Kier molecular flexibility index (Phi) is 6.03. The third kappa shape index (κ3) is 4.36. The van der Waals surface area contributed by atoms with Gasteiger partial charge in [-0.05, 0) is 22.6 Å². The monoisotopic (exact) mass is 370 g/mol. The number of nitrogens with one attached hydrogen (secondary N) is 2. The van der Waals surface area contributed by atoms with Crippen LogP contribution in [0.15, 0.2) is 35.7 Å². The summed E-state index contributed by atoms with van der Waals surface area (Å²) in [7, 11) is -3.59. The summed E-state index contributed by atoms with van der Waals surface area (Å²) in [5.74, 6) is 0.438. The van der Waals surface area contributed by atoms with E-state index in [2.05, 4.69) is 41.0 Å². The van der Waals surface area contributed by atoms with Crippen molar-refractivity contribution in [1.29, 1.82) is 0 Å². The van der Waals surface area contributed by atoms with E-state index in [1.54, 1.807) is 17.1 Å². The first-order chi connectivity index (χ1) is 10.9. The Hall–Kier alpha value is -1.41. The maximum Gasteiger partial charge on any atom is 0.259 e. The maximum absolute atomic E-state index is 12.3. The first kappa shape index (κ1) is 18.9. The summed E-state index contributed by atoms with van der Waals surface area (Å²) in [4.78, 5) is 4.01. The van der Waals surface area contributed by atoms with Crippen molar-refractivity contribution in [1.82, 2.24) is 19.6 Å². The fourth-order valence-electron chi connectivity index (χ4n) is 2.71.